The molecule has 0 bridgehead atoms. The average molecular weight is 198 g/mol. The highest BCUT2D eigenvalue weighted by molar-refractivity contribution is 5.70. The van der Waals surface area contributed by atoms with Gasteiger partial charge in [0, 0.05) is 12.5 Å². The zero-order valence-corrected chi connectivity index (χ0v) is 9.04. The summed E-state index contributed by atoms with van der Waals surface area (Å²) < 4.78 is 5.10. The first-order valence-electron chi connectivity index (χ1n) is 4.68. The monoisotopic (exact) mass is 198 g/mol. The van der Waals surface area contributed by atoms with E-state index in [0.29, 0.717) is 6.42 Å². The number of ether oxygens (including phenoxy) is 1. The van der Waals surface area contributed by atoms with Crippen molar-refractivity contribution in [1.82, 2.24) is 0 Å². The lowest BCUT2D eigenvalue weighted by Crippen LogP contribution is -2.25. The van der Waals surface area contributed by atoms with Gasteiger partial charge in [0.25, 0.3) is 0 Å². The summed E-state index contributed by atoms with van der Waals surface area (Å²) in [6.45, 7) is 5.42. The van der Waals surface area contributed by atoms with Gasteiger partial charge in [0.15, 0.2) is 0 Å². The van der Waals surface area contributed by atoms with Gasteiger partial charge in [-0.15, -0.1) is 12.3 Å². The number of carbonyl (C=O) groups excluding carboxylic acids is 1. The van der Waals surface area contributed by atoms with E-state index in [1.165, 1.54) is 0 Å². The van der Waals surface area contributed by atoms with Gasteiger partial charge in [-0.3, -0.25) is 4.79 Å². The second-order valence-corrected chi connectivity index (χ2v) is 4.17. The van der Waals surface area contributed by atoms with Crippen LogP contribution < -0.4 is 0 Å². The third-order valence-electron chi connectivity index (χ3n) is 1.55. The number of aliphatic hydroxyl groups excluding tert-OH is 1. The summed E-state index contributed by atoms with van der Waals surface area (Å²) in [6.07, 6.45) is 5.82. The Labute approximate surface area is 85.5 Å². The largest absolute Gasteiger partial charge is 0.460 e. The van der Waals surface area contributed by atoms with Crippen molar-refractivity contribution in [2.75, 3.05) is 6.61 Å². The minimum Gasteiger partial charge on any atom is -0.460 e. The zero-order chi connectivity index (χ0) is 11.2. The van der Waals surface area contributed by atoms with Crippen LogP contribution in [-0.4, -0.2) is 23.3 Å². The van der Waals surface area contributed by atoms with E-state index in [2.05, 4.69) is 5.92 Å². The lowest BCUT2D eigenvalue weighted by molar-refractivity contribution is -0.155. The molecule has 1 N–H and O–H groups in total. The maximum Gasteiger partial charge on any atom is 0.307 e. The number of rotatable bonds is 4. The Balaban J connectivity index is 3.99. The Bertz CT molecular complexity index is 220. The third-order valence-corrected chi connectivity index (χ3v) is 1.55. The molecule has 0 rings (SSSR count). The maximum absolute atomic E-state index is 11.3. The molecule has 80 valence electrons. The van der Waals surface area contributed by atoms with Gasteiger partial charge in [0.05, 0.1) is 6.42 Å². The molecule has 14 heavy (non-hydrogen) atoms. The predicted octanol–water partition coefficient (Wildman–Crippen LogP) is 1.35. The Morgan fingerprint density at radius 2 is 2.14 bits per heavy atom. The Hall–Kier alpha value is -1.01. The fourth-order valence-corrected chi connectivity index (χ4v) is 0.985. The molecule has 0 amide bonds. The number of carbonyl (C=O) groups is 1. The Morgan fingerprint density at radius 3 is 2.50 bits per heavy atom. The van der Waals surface area contributed by atoms with Gasteiger partial charge in [-0.2, -0.15) is 0 Å². The molecule has 0 aliphatic heterocycles. The summed E-state index contributed by atoms with van der Waals surface area (Å²) in [6, 6.07) is 0. The van der Waals surface area contributed by atoms with Crippen molar-refractivity contribution in [3.8, 4) is 12.3 Å². The first kappa shape index (κ1) is 13.0. The molecule has 0 saturated carbocycles. The predicted molar refractivity (Wildman–Crippen MR) is 54.5 cm³/mol. The number of esters is 1. The molecule has 3 nitrogen and oxygen atoms in total. The topological polar surface area (TPSA) is 46.5 Å². The van der Waals surface area contributed by atoms with Crippen LogP contribution in [0, 0.1) is 18.3 Å². The van der Waals surface area contributed by atoms with Crippen molar-refractivity contribution in [1.29, 1.82) is 0 Å². The number of aliphatic hydroxyl groups is 1. The van der Waals surface area contributed by atoms with Crippen molar-refractivity contribution in [2.45, 2.75) is 39.2 Å². The first-order valence-corrected chi connectivity index (χ1v) is 4.68. The van der Waals surface area contributed by atoms with Crippen LogP contribution in [0.25, 0.3) is 0 Å². The molecule has 0 aromatic heterocycles. The molecule has 0 spiro atoms. The van der Waals surface area contributed by atoms with Crippen molar-refractivity contribution in [3.63, 3.8) is 0 Å². The second kappa shape index (κ2) is 5.66. The van der Waals surface area contributed by atoms with Gasteiger partial charge < -0.3 is 9.84 Å². The molecule has 0 aliphatic rings. The zero-order valence-electron chi connectivity index (χ0n) is 9.04. The maximum atomic E-state index is 11.3. The summed E-state index contributed by atoms with van der Waals surface area (Å²) in [7, 11) is 0. The molecule has 1 atom stereocenters. The highest BCUT2D eigenvalue weighted by atomic mass is 16.6. The van der Waals surface area contributed by atoms with E-state index in [0.717, 1.165) is 0 Å². The molecule has 0 saturated heterocycles. The minimum atomic E-state index is -0.477. The number of hydrogen-bond acceptors (Lipinski definition) is 3. The van der Waals surface area contributed by atoms with Crippen molar-refractivity contribution in [3.05, 3.63) is 0 Å². The summed E-state index contributed by atoms with van der Waals surface area (Å²) in [4.78, 5) is 11.3. The SMILES string of the molecule is C#CC(CCO)CC(=O)OC(C)(C)C. The van der Waals surface area contributed by atoms with Crippen molar-refractivity contribution in [2.24, 2.45) is 5.92 Å². The molecule has 0 fully saturated rings. The van der Waals surface area contributed by atoms with E-state index in [9.17, 15) is 4.79 Å². The highest BCUT2D eigenvalue weighted by Crippen LogP contribution is 2.13. The van der Waals surface area contributed by atoms with E-state index in [1.54, 1.807) is 0 Å². The van der Waals surface area contributed by atoms with Gasteiger partial charge in [-0.05, 0) is 27.2 Å². The summed E-state index contributed by atoms with van der Waals surface area (Å²) in [5.74, 6) is 1.92. The van der Waals surface area contributed by atoms with Crippen LogP contribution in [-0.2, 0) is 9.53 Å². The fraction of sp³-hybridized carbons (Fsp3) is 0.727. The van der Waals surface area contributed by atoms with Crippen LogP contribution in [0.2, 0.25) is 0 Å². The van der Waals surface area contributed by atoms with Gasteiger partial charge in [-0.1, -0.05) is 0 Å². The summed E-state index contributed by atoms with van der Waals surface area (Å²) in [5, 5.41) is 8.67. The van der Waals surface area contributed by atoms with Crippen molar-refractivity contribution < 1.29 is 14.6 Å². The third kappa shape index (κ3) is 6.50. The van der Waals surface area contributed by atoms with Crippen LogP contribution in [0.4, 0.5) is 0 Å². The molecular formula is C11H18O3. The van der Waals surface area contributed by atoms with E-state index in [4.69, 9.17) is 16.3 Å². The molecule has 0 radical (unpaired) electrons. The van der Waals surface area contributed by atoms with E-state index in [-0.39, 0.29) is 24.9 Å². The number of hydrogen-bond donors (Lipinski definition) is 1. The molecule has 0 aliphatic carbocycles. The minimum absolute atomic E-state index is 0.00232. The summed E-state index contributed by atoms with van der Waals surface area (Å²) >= 11 is 0. The normalized spacial score (nSPS) is 13.1. The molecule has 1 unspecified atom stereocenters. The van der Waals surface area contributed by atoms with Crippen LogP contribution in [0.5, 0.6) is 0 Å². The molecule has 0 aromatic rings. The Morgan fingerprint density at radius 1 is 1.57 bits per heavy atom. The molecule has 3 heteroatoms. The quantitative estimate of drug-likeness (QED) is 0.548. The van der Waals surface area contributed by atoms with Gasteiger partial charge >= 0.3 is 5.97 Å². The standard InChI is InChI=1S/C11H18O3/c1-5-9(6-7-12)8-10(13)14-11(2,3)4/h1,9,12H,6-8H2,2-4H3. The van der Waals surface area contributed by atoms with Gasteiger partial charge in [0.2, 0.25) is 0 Å². The lowest BCUT2D eigenvalue weighted by atomic mass is 10.0. The van der Waals surface area contributed by atoms with Gasteiger partial charge in [-0.25, -0.2) is 0 Å². The average Bonchev–Trinajstić information content (AvgIpc) is 2.00. The Kier molecular flexibility index (Phi) is 5.26. The smallest absolute Gasteiger partial charge is 0.307 e. The van der Waals surface area contributed by atoms with Gasteiger partial charge in [0.1, 0.15) is 5.60 Å². The number of terminal acetylenes is 1. The second-order valence-electron chi connectivity index (χ2n) is 4.17. The van der Waals surface area contributed by atoms with Crippen LogP contribution in [0.3, 0.4) is 0 Å². The van der Waals surface area contributed by atoms with E-state index in [1.807, 2.05) is 20.8 Å². The first-order chi connectivity index (χ1) is 6.39. The lowest BCUT2D eigenvalue weighted by Gasteiger charge is -2.20. The van der Waals surface area contributed by atoms with E-state index < -0.39 is 5.60 Å². The van der Waals surface area contributed by atoms with Crippen LogP contribution in [0.1, 0.15) is 33.6 Å². The molecule has 0 aromatic carbocycles. The van der Waals surface area contributed by atoms with Crippen molar-refractivity contribution >= 4 is 5.97 Å². The summed E-state index contributed by atoms with van der Waals surface area (Å²) in [5.41, 5.74) is -0.477. The van der Waals surface area contributed by atoms with Crippen LogP contribution in [0.15, 0.2) is 0 Å². The molecular weight excluding hydrogens is 180 g/mol. The molecule has 0 heterocycles. The van der Waals surface area contributed by atoms with Crippen LogP contribution >= 0.6 is 0 Å². The highest BCUT2D eigenvalue weighted by Gasteiger charge is 2.18. The van der Waals surface area contributed by atoms with E-state index >= 15 is 0 Å². The fourth-order valence-electron chi connectivity index (χ4n) is 0.985.